The molecule has 3 rings (SSSR count). The third kappa shape index (κ3) is 1.08. The maximum atomic E-state index is 11.2. The van der Waals surface area contributed by atoms with Crippen molar-refractivity contribution in [3.05, 3.63) is 0 Å². The Labute approximate surface area is 136 Å². The topological polar surface area (TPSA) is 40.1 Å². The Hall–Kier alpha value is 1.59. The van der Waals surface area contributed by atoms with Gasteiger partial charge in [-0.3, -0.25) is 0 Å². The van der Waals surface area contributed by atoms with E-state index in [2.05, 4.69) is 22.9 Å². The number of carbonyl (C=O) groups is 1. The molecule has 0 aliphatic heterocycles. The van der Waals surface area contributed by atoms with E-state index in [-0.39, 0.29) is 67.0 Å². The third-order valence-electron chi connectivity index (χ3n) is 4.94. The van der Waals surface area contributed by atoms with Crippen molar-refractivity contribution in [1.29, 1.82) is 0 Å². The van der Waals surface area contributed by atoms with Crippen molar-refractivity contribution in [2.24, 2.45) is 16.2 Å². The van der Waals surface area contributed by atoms with Crippen LogP contribution in [0.5, 0.6) is 0 Å². The molecule has 74 valence electrons. The molecule has 0 heterocycles. The number of carbonyl (C=O) groups excluding carboxylic acids is 1. The Morgan fingerprint density at radius 1 is 1.36 bits per heavy atom. The van der Waals surface area contributed by atoms with Gasteiger partial charge in [0, 0.05) is 16.2 Å². The summed E-state index contributed by atoms with van der Waals surface area (Å²) in [6.45, 7) is 6.27. The monoisotopic (exact) mass is 284 g/mol. The smallest absolute Gasteiger partial charge is 0.549 e. The van der Waals surface area contributed by atoms with Gasteiger partial charge >= 0.3 is 51.4 Å². The summed E-state index contributed by atoms with van der Waals surface area (Å²) < 4.78 is 0. The zero-order chi connectivity index (χ0) is 10.1. The predicted molar refractivity (Wildman–Crippen MR) is 51.3 cm³/mol. The van der Waals surface area contributed by atoms with Crippen LogP contribution in [0.15, 0.2) is 0 Å². The molecule has 0 radical (unpaired) electrons. The first-order valence-corrected chi connectivity index (χ1v) is 5.58. The van der Waals surface area contributed by atoms with E-state index in [9.17, 15) is 9.90 Å². The van der Waals surface area contributed by atoms with Crippen LogP contribution < -0.4 is 56.5 Å². The van der Waals surface area contributed by atoms with E-state index in [0.29, 0.717) is 0 Å². The number of hydrogen-bond acceptors (Lipinski definition) is 2. The second-order valence-corrected chi connectivity index (χ2v) is 6.08. The molecule has 3 saturated carbocycles. The first-order valence-electron chi connectivity index (χ1n) is 4.66. The summed E-state index contributed by atoms with van der Waals surface area (Å²) in [5.41, 5.74) is -0.623. The van der Waals surface area contributed by atoms with E-state index in [1.807, 2.05) is 13.8 Å². The minimum absolute atomic E-state index is 0. The van der Waals surface area contributed by atoms with Crippen LogP contribution in [0.3, 0.4) is 0 Å². The Morgan fingerprint density at radius 3 is 2.00 bits per heavy atom. The fourth-order valence-electron chi connectivity index (χ4n) is 3.41. The zero-order valence-corrected chi connectivity index (χ0v) is 13.9. The minimum atomic E-state index is -0.880. The number of halogens is 1. The van der Waals surface area contributed by atoms with Crippen molar-refractivity contribution in [2.75, 3.05) is 0 Å². The molecule has 0 amide bonds. The normalized spacial score (nSPS) is 47.9. The minimum Gasteiger partial charge on any atom is -0.549 e. The van der Waals surface area contributed by atoms with Gasteiger partial charge in [-0.1, -0.05) is 36.7 Å². The summed E-state index contributed by atoms with van der Waals surface area (Å²) in [5, 5.41) is 11.2. The summed E-state index contributed by atoms with van der Waals surface area (Å²) in [7, 11) is 0. The van der Waals surface area contributed by atoms with Crippen LogP contribution in [-0.4, -0.2) is 10.8 Å². The van der Waals surface area contributed by atoms with Crippen LogP contribution in [0.25, 0.3) is 0 Å². The molecule has 0 aromatic heterocycles. The van der Waals surface area contributed by atoms with Crippen LogP contribution in [0.1, 0.15) is 33.6 Å². The number of carboxylic acids is 1. The molecule has 0 N–H and O–H groups in total. The maximum Gasteiger partial charge on any atom is 1.00 e. The quantitative estimate of drug-likeness (QED) is 0.427. The molecular weight excluding hydrogens is 271 g/mol. The van der Waals surface area contributed by atoms with Gasteiger partial charge in [0.05, 0.1) is 0 Å². The summed E-state index contributed by atoms with van der Waals surface area (Å²) in [5.74, 6) is -0.880. The molecule has 3 fully saturated rings. The Kier molecular flexibility index (Phi) is 3.45. The van der Waals surface area contributed by atoms with Crippen molar-refractivity contribution in [1.82, 2.24) is 0 Å². The summed E-state index contributed by atoms with van der Waals surface area (Å²) in [6.07, 6.45) is 1.75. The van der Waals surface area contributed by atoms with Crippen molar-refractivity contribution in [2.45, 2.75) is 38.4 Å². The Balaban J connectivity index is 0.000000980. The van der Waals surface area contributed by atoms with Crippen molar-refractivity contribution in [3.8, 4) is 0 Å². The van der Waals surface area contributed by atoms with Crippen LogP contribution in [0.4, 0.5) is 0 Å². The molecule has 4 heteroatoms. The number of carboxylic acid groups (broad SMARTS) is 1. The van der Waals surface area contributed by atoms with E-state index in [4.69, 9.17) is 0 Å². The number of rotatable bonds is 1. The van der Waals surface area contributed by atoms with Gasteiger partial charge in [0.1, 0.15) is 0 Å². The predicted octanol–water partition coefficient (Wildman–Crippen LogP) is -1.67. The van der Waals surface area contributed by atoms with Gasteiger partial charge in [-0.25, -0.2) is 0 Å². The molecule has 0 aromatic rings. The first-order chi connectivity index (χ1) is 5.81. The number of fused-ring (bicyclic) bond motifs is 1. The molecular formula is C10H14BrKO2. The fraction of sp³-hybridized carbons (Fsp3) is 0.900. The maximum absolute atomic E-state index is 11.2. The Bertz CT molecular complexity index is 292. The number of hydrogen-bond donors (Lipinski definition) is 0. The molecule has 3 aliphatic carbocycles. The SMILES string of the molecule is CC12CCC(C(=O)[O-])(C1Br)C2(C)C.[K+]. The van der Waals surface area contributed by atoms with Gasteiger partial charge in [0.2, 0.25) is 0 Å². The third-order valence-corrected chi connectivity index (χ3v) is 6.73. The van der Waals surface area contributed by atoms with Crippen LogP contribution >= 0.6 is 15.9 Å². The number of alkyl halides is 1. The molecule has 2 bridgehead atoms. The molecule has 0 spiro atoms. The van der Waals surface area contributed by atoms with Gasteiger partial charge < -0.3 is 9.90 Å². The second kappa shape index (κ2) is 3.54. The van der Waals surface area contributed by atoms with E-state index in [1.54, 1.807) is 0 Å². The average molecular weight is 285 g/mol. The molecule has 14 heavy (non-hydrogen) atoms. The van der Waals surface area contributed by atoms with E-state index < -0.39 is 11.4 Å². The van der Waals surface area contributed by atoms with Crippen molar-refractivity contribution >= 4 is 21.9 Å². The van der Waals surface area contributed by atoms with E-state index in [1.165, 1.54) is 0 Å². The summed E-state index contributed by atoms with van der Waals surface area (Å²) in [6, 6.07) is 0. The fourth-order valence-corrected chi connectivity index (χ4v) is 5.19. The first kappa shape index (κ1) is 13.7. The van der Waals surface area contributed by atoms with Crippen molar-refractivity contribution < 1.29 is 61.3 Å². The van der Waals surface area contributed by atoms with Crippen LogP contribution in [-0.2, 0) is 4.79 Å². The summed E-state index contributed by atoms with van der Waals surface area (Å²) >= 11 is 3.52. The van der Waals surface area contributed by atoms with Crippen LogP contribution in [0, 0.1) is 16.2 Å². The molecule has 0 saturated heterocycles. The average Bonchev–Trinajstić information content (AvgIpc) is 2.39. The van der Waals surface area contributed by atoms with Gasteiger partial charge in [-0.05, 0) is 23.7 Å². The van der Waals surface area contributed by atoms with E-state index in [0.717, 1.165) is 12.8 Å². The standard InChI is InChI=1S/C10H15BrO2.K/c1-8(2)9(3)4-5-10(8,6(9)11)7(12)13;/h6H,4-5H2,1-3H3,(H,12,13);/q;+1/p-1. The van der Waals surface area contributed by atoms with Crippen LogP contribution in [0.2, 0.25) is 0 Å². The molecule has 0 aromatic carbocycles. The van der Waals surface area contributed by atoms with Crippen molar-refractivity contribution in [3.63, 3.8) is 0 Å². The van der Waals surface area contributed by atoms with Gasteiger partial charge in [-0.2, -0.15) is 0 Å². The van der Waals surface area contributed by atoms with E-state index >= 15 is 0 Å². The zero-order valence-electron chi connectivity index (χ0n) is 9.19. The van der Waals surface area contributed by atoms with Gasteiger partial charge in [0.25, 0.3) is 0 Å². The Morgan fingerprint density at radius 2 is 1.86 bits per heavy atom. The van der Waals surface area contributed by atoms with Gasteiger partial charge in [0.15, 0.2) is 0 Å². The molecule has 3 aliphatic rings. The molecule has 3 unspecified atom stereocenters. The molecule has 2 nitrogen and oxygen atoms in total. The number of aliphatic carboxylic acids is 1. The van der Waals surface area contributed by atoms with Gasteiger partial charge in [-0.15, -0.1) is 0 Å². The largest absolute Gasteiger partial charge is 1.00 e. The summed E-state index contributed by atoms with van der Waals surface area (Å²) in [4.78, 5) is 11.3. The molecule has 3 atom stereocenters. The second-order valence-electron chi connectivity index (χ2n) is 5.16.